The first kappa shape index (κ1) is 14.8. The summed E-state index contributed by atoms with van der Waals surface area (Å²) in [7, 11) is 0. The molecule has 0 radical (unpaired) electrons. The summed E-state index contributed by atoms with van der Waals surface area (Å²) in [6, 6.07) is 0. The molecule has 2 aliphatic rings. The molecule has 0 spiro atoms. The van der Waals surface area contributed by atoms with Gasteiger partial charge in [0.05, 0.1) is 23.4 Å². The predicted molar refractivity (Wildman–Crippen MR) is 97.4 cm³/mol. The van der Waals surface area contributed by atoms with Crippen molar-refractivity contribution in [3.8, 4) is 0 Å². The second-order valence-corrected chi connectivity index (χ2v) is 7.68. The highest BCUT2D eigenvalue weighted by Crippen LogP contribution is 2.42. The summed E-state index contributed by atoms with van der Waals surface area (Å²) in [5.41, 5.74) is 3.80. The van der Waals surface area contributed by atoms with E-state index in [1.54, 1.807) is 17.7 Å². The molecule has 5 rings (SSSR count). The van der Waals surface area contributed by atoms with Gasteiger partial charge in [0.1, 0.15) is 22.1 Å². The van der Waals surface area contributed by atoms with E-state index in [1.807, 2.05) is 0 Å². The van der Waals surface area contributed by atoms with E-state index in [4.69, 9.17) is 21.3 Å². The molecule has 0 N–H and O–H groups in total. The first-order valence-electron chi connectivity index (χ1n) is 8.40. The van der Waals surface area contributed by atoms with Gasteiger partial charge in [-0.15, -0.1) is 11.3 Å². The van der Waals surface area contributed by atoms with Crippen LogP contribution in [0.15, 0.2) is 6.33 Å². The van der Waals surface area contributed by atoms with Crippen LogP contribution in [0, 0.1) is 0 Å². The molecule has 124 valence electrons. The summed E-state index contributed by atoms with van der Waals surface area (Å²) >= 11 is 7.92. The van der Waals surface area contributed by atoms with E-state index < -0.39 is 0 Å². The molecule has 1 aliphatic carbocycles. The van der Waals surface area contributed by atoms with Gasteiger partial charge in [-0.25, -0.2) is 15.0 Å². The van der Waals surface area contributed by atoms with Crippen molar-refractivity contribution < 1.29 is 4.74 Å². The van der Waals surface area contributed by atoms with Crippen molar-refractivity contribution in [2.24, 2.45) is 0 Å². The molecule has 0 unspecified atom stereocenters. The highest BCUT2D eigenvalue weighted by atomic mass is 35.5. The van der Waals surface area contributed by atoms with Crippen LogP contribution in [0.5, 0.6) is 0 Å². The van der Waals surface area contributed by atoms with Gasteiger partial charge in [0.2, 0.25) is 0 Å². The van der Waals surface area contributed by atoms with E-state index in [1.165, 1.54) is 29.4 Å². The van der Waals surface area contributed by atoms with Crippen LogP contribution >= 0.6 is 22.9 Å². The summed E-state index contributed by atoms with van der Waals surface area (Å²) in [5.74, 6) is 1.15. The van der Waals surface area contributed by atoms with E-state index in [-0.39, 0.29) is 0 Å². The van der Waals surface area contributed by atoms with Gasteiger partial charge in [-0.3, -0.25) is 0 Å². The van der Waals surface area contributed by atoms with E-state index in [0.29, 0.717) is 5.15 Å². The zero-order valence-corrected chi connectivity index (χ0v) is 14.8. The first-order chi connectivity index (χ1) is 11.8. The number of fused-ring (bicyclic) bond motifs is 5. The molecule has 0 atom stereocenters. The van der Waals surface area contributed by atoms with E-state index in [0.717, 1.165) is 60.0 Å². The molecule has 0 bridgehead atoms. The van der Waals surface area contributed by atoms with Crippen LogP contribution in [-0.4, -0.2) is 41.3 Å². The van der Waals surface area contributed by atoms with Crippen molar-refractivity contribution in [1.82, 2.24) is 15.0 Å². The average Bonchev–Trinajstić information content (AvgIpc) is 3.02. The molecular formula is C17H17ClN4OS. The fraction of sp³-hybridized carbons (Fsp3) is 0.471. The van der Waals surface area contributed by atoms with Crippen LogP contribution in [0.25, 0.3) is 20.4 Å². The number of aryl methyl sites for hydroxylation is 1. The van der Waals surface area contributed by atoms with Crippen molar-refractivity contribution in [3.05, 3.63) is 22.6 Å². The Kier molecular flexibility index (Phi) is 3.57. The fourth-order valence-corrected chi connectivity index (χ4v) is 5.13. The molecule has 3 aromatic heterocycles. The number of thiophene rings is 1. The number of anilines is 1. The Balaban J connectivity index is 1.82. The van der Waals surface area contributed by atoms with Gasteiger partial charge in [0.25, 0.3) is 0 Å². The lowest BCUT2D eigenvalue weighted by Crippen LogP contribution is -2.37. The number of rotatable bonds is 1. The normalized spacial score (nSPS) is 18.3. The third kappa shape index (κ3) is 2.20. The molecule has 5 nitrogen and oxygen atoms in total. The molecular weight excluding hydrogens is 344 g/mol. The molecule has 1 fully saturated rings. The van der Waals surface area contributed by atoms with Crippen molar-refractivity contribution in [3.63, 3.8) is 0 Å². The Morgan fingerprint density at radius 3 is 2.71 bits per heavy atom. The predicted octanol–water partition coefficient (Wildman–Crippen LogP) is 3.61. The maximum Gasteiger partial charge on any atom is 0.150 e. The van der Waals surface area contributed by atoms with Crippen molar-refractivity contribution in [2.75, 3.05) is 31.2 Å². The Hall–Kier alpha value is -1.50. The lowest BCUT2D eigenvalue weighted by atomic mass is 9.90. The SMILES string of the molecule is Clc1ncnc2c1sc1nc(N3CCOCC3)c3c(c12)CCCC3. The van der Waals surface area contributed by atoms with Crippen molar-refractivity contribution in [1.29, 1.82) is 0 Å². The number of ether oxygens (including phenoxy) is 1. The molecule has 1 saturated heterocycles. The van der Waals surface area contributed by atoms with E-state index >= 15 is 0 Å². The van der Waals surface area contributed by atoms with Crippen LogP contribution in [0.3, 0.4) is 0 Å². The zero-order valence-electron chi connectivity index (χ0n) is 13.2. The van der Waals surface area contributed by atoms with E-state index in [9.17, 15) is 0 Å². The minimum Gasteiger partial charge on any atom is -0.378 e. The Bertz CT molecular complexity index is 935. The minimum atomic E-state index is 0.528. The Morgan fingerprint density at radius 2 is 1.88 bits per heavy atom. The molecule has 0 amide bonds. The number of hydrogen-bond acceptors (Lipinski definition) is 6. The van der Waals surface area contributed by atoms with Gasteiger partial charge in [-0.1, -0.05) is 11.6 Å². The monoisotopic (exact) mass is 360 g/mol. The molecule has 24 heavy (non-hydrogen) atoms. The number of morpholine rings is 1. The zero-order chi connectivity index (χ0) is 16.1. The average molecular weight is 361 g/mol. The maximum absolute atomic E-state index is 6.30. The summed E-state index contributed by atoms with van der Waals surface area (Å²) in [6.07, 6.45) is 6.21. The van der Waals surface area contributed by atoms with Crippen LogP contribution in [0.1, 0.15) is 24.0 Å². The van der Waals surface area contributed by atoms with Gasteiger partial charge in [-0.05, 0) is 36.8 Å². The number of aromatic nitrogens is 3. The number of nitrogens with zero attached hydrogens (tertiary/aromatic N) is 4. The quantitative estimate of drug-likeness (QED) is 0.620. The number of hydrogen-bond donors (Lipinski definition) is 0. The van der Waals surface area contributed by atoms with Crippen molar-refractivity contribution in [2.45, 2.75) is 25.7 Å². The Morgan fingerprint density at radius 1 is 1.08 bits per heavy atom. The molecule has 0 saturated carbocycles. The topological polar surface area (TPSA) is 51.1 Å². The molecule has 4 heterocycles. The fourth-order valence-electron chi connectivity index (χ4n) is 3.85. The smallest absolute Gasteiger partial charge is 0.150 e. The minimum absolute atomic E-state index is 0.528. The molecule has 1 aliphatic heterocycles. The van der Waals surface area contributed by atoms with Crippen LogP contribution in [0.2, 0.25) is 5.15 Å². The Labute approximate surface area is 148 Å². The van der Waals surface area contributed by atoms with Gasteiger partial charge >= 0.3 is 0 Å². The van der Waals surface area contributed by atoms with Crippen molar-refractivity contribution >= 4 is 49.2 Å². The van der Waals surface area contributed by atoms with Crippen LogP contribution < -0.4 is 4.90 Å². The summed E-state index contributed by atoms with van der Waals surface area (Å²) in [5, 5.41) is 1.73. The second kappa shape index (κ2) is 5.79. The first-order valence-corrected chi connectivity index (χ1v) is 9.59. The standard InChI is InChI=1S/C17H17ClN4OS/c18-15-14-13(19-9-20-15)12-10-3-1-2-4-11(10)16(21-17(12)24-14)22-5-7-23-8-6-22/h9H,1-8H2. The second-order valence-electron chi connectivity index (χ2n) is 6.32. The summed E-state index contributed by atoms with van der Waals surface area (Å²) in [6.45, 7) is 3.38. The third-order valence-electron chi connectivity index (χ3n) is 4.97. The van der Waals surface area contributed by atoms with E-state index in [2.05, 4.69) is 14.9 Å². The third-order valence-corrected chi connectivity index (χ3v) is 6.45. The number of pyridine rings is 1. The largest absolute Gasteiger partial charge is 0.378 e. The van der Waals surface area contributed by atoms with Gasteiger partial charge in [-0.2, -0.15) is 0 Å². The van der Waals surface area contributed by atoms with Gasteiger partial charge in [0.15, 0.2) is 0 Å². The van der Waals surface area contributed by atoms with Gasteiger partial charge < -0.3 is 9.64 Å². The highest BCUT2D eigenvalue weighted by molar-refractivity contribution is 7.26. The molecule has 3 aromatic rings. The van der Waals surface area contributed by atoms with Gasteiger partial charge in [0, 0.05) is 18.5 Å². The lowest BCUT2D eigenvalue weighted by Gasteiger charge is -2.31. The van der Waals surface area contributed by atoms with Crippen LogP contribution in [0.4, 0.5) is 5.82 Å². The molecule has 0 aromatic carbocycles. The highest BCUT2D eigenvalue weighted by Gasteiger charge is 2.26. The van der Waals surface area contributed by atoms with Crippen LogP contribution in [-0.2, 0) is 17.6 Å². The molecule has 7 heteroatoms. The lowest BCUT2D eigenvalue weighted by molar-refractivity contribution is 0.122. The number of halogens is 1. The maximum atomic E-state index is 6.30. The summed E-state index contributed by atoms with van der Waals surface area (Å²) in [4.78, 5) is 17.1. The summed E-state index contributed by atoms with van der Waals surface area (Å²) < 4.78 is 6.47.